The van der Waals surface area contributed by atoms with E-state index in [0.717, 1.165) is 15.6 Å². The fourth-order valence-electron chi connectivity index (χ4n) is 1.98. The minimum absolute atomic E-state index is 0.150. The number of aryl methyl sites for hydroxylation is 2. The van der Waals surface area contributed by atoms with Crippen LogP contribution in [0.25, 0.3) is 0 Å². The van der Waals surface area contributed by atoms with Gasteiger partial charge in [0.15, 0.2) is 6.61 Å². The second kappa shape index (κ2) is 7.87. The Balaban J connectivity index is 1.87. The molecule has 0 fully saturated rings. The lowest BCUT2D eigenvalue weighted by Crippen LogP contribution is -2.24. The summed E-state index contributed by atoms with van der Waals surface area (Å²) in [7, 11) is 0. The van der Waals surface area contributed by atoms with Gasteiger partial charge in [0.05, 0.1) is 10.7 Å². The maximum atomic E-state index is 12.8. The summed E-state index contributed by atoms with van der Waals surface area (Å²) < 4.78 is 19.1. The van der Waals surface area contributed by atoms with Gasteiger partial charge in [0.25, 0.3) is 5.91 Å². The van der Waals surface area contributed by atoms with Crippen molar-refractivity contribution in [3.05, 3.63) is 63.4 Å². The zero-order chi connectivity index (χ0) is 16.8. The van der Waals surface area contributed by atoms with Gasteiger partial charge >= 0.3 is 0 Å². The molecule has 2 aromatic carbocycles. The van der Waals surface area contributed by atoms with Gasteiger partial charge in [-0.3, -0.25) is 4.79 Å². The van der Waals surface area contributed by atoms with E-state index in [0.29, 0.717) is 11.3 Å². The molecule has 0 aliphatic heterocycles. The van der Waals surface area contributed by atoms with Crippen molar-refractivity contribution in [2.75, 3.05) is 6.61 Å². The van der Waals surface area contributed by atoms with E-state index in [-0.39, 0.29) is 18.3 Å². The zero-order valence-electron chi connectivity index (χ0n) is 12.8. The van der Waals surface area contributed by atoms with Crippen LogP contribution in [0.1, 0.15) is 16.7 Å². The molecule has 0 saturated carbocycles. The summed E-state index contributed by atoms with van der Waals surface area (Å²) in [6.45, 7) is 3.75. The number of hydrazone groups is 1. The van der Waals surface area contributed by atoms with Crippen molar-refractivity contribution in [1.29, 1.82) is 0 Å². The molecule has 0 bridgehead atoms. The summed E-state index contributed by atoms with van der Waals surface area (Å²) in [5.74, 6) is -0.0675. The molecule has 1 amide bonds. The minimum Gasteiger partial charge on any atom is -0.482 e. The van der Waals surface area contributed by atoms with Crippen molar-refractivity contribution in [2.24, 2.45) is 5.10 Å². The lowest BCUT2D eigenvalue weighted by atomic mass is 10.1. The van der Waals surface area contributed by atoms with Gasteiger partial charge in [0.1, 0.15) is 11.6 Å². The first-order chi connectivity index (χ1) is 11.0. The highest BCUT2D eigenvalue weighted by Gasteiger charge is 2.08. The van der Waals surface area contributed by atoms with Gasteiger partial charge in [-0.25, -0.2) is 9.82 Å². The molecule has 0 aliphatic rings. The Kier molecular flexibility index (Phi) is 5.87. The van der Waals surface area contributed by atoms with Crippen LogP contribution < -0.4 is 10.2 Å². The van der Waals surface area contributed by atoms with Crippen LogP contribution in [0.2, 0.25) is 0 Å². The average molecular weight is 379 g/mol. The molecule has 120 valence electrons. The van der Waals surface area contributed by atoms with E-state index in [2.05, 4.69) is 26.5 Å². The fourth-order valence-corrected chi connectivity index (χ4v) is 2.77. The first-order valence-electron chi connectivity index (χ1n) is 6.92. The highest BCUT2D eigenvalue weighted by atomic mass is 79.9. The quantitative estimate of drug-likeness (QED) is 0.636. The molecule has 0 heterocycles. The molecule has 0 aliphatic carbocycles. The number of amides is 1. The van der Waals surface area contributed by atoms with E-state index in [1.807, 2.05) is 26.0 Å². The maximum Gasteiger partial charge on any atom is 0.277 e. The van der Waals surface area contributed by atoms with Crippen molar-refractivity contribution in [1.82, 2.24) is 5.43 Å². The summed E-state index contributed by atoms with van der Waals surface area (Å²) in [6.07, 6.45) is 1.43. The number of ether oxygens (including phenoxy) is 1. The molecule has 2 rings (SSSR count). The Hall–Kier alpha value is -2.21. The molecule has 2 aromatic rings. The second-order valence-electron chi connectivity index (χ2n) is 5.03. The maximum absolute atomic E-state index is 12.8. The Morgan fingerprint density at radius 3 is 2.65 bits per heavy atom. The third-order valence-corrected chi connectivity index (χ3v) is 3.58. The van der Waals surface area contributed by atoms with Crippen molar-refractivity contribution in [3.8, 4) is 5.75 Å². The molecule has 0 saturated heterocycles. The molecule has 0 unspecified atom stereocenters. The number of halogens is 2. The van der Waals surface area contributed by atoms with Crippen LogP contribution in [0.15, 0.2) is 46.0 Å². The third kappa shape index (κ3) is 5.17. The van der Waals surface area contributed by atoms with Crippen LogP contribution in [0.4, 0.5) is 4.39 Å². The first kappa shape index (κ1) is 17.1. The Bertz CT molecular complexity index is 707. The normalized spacial score (nSPS) is 10.8. The van der Waals surface area contributed by atoms with Gasteiger partial charge in [0.2, 0.25) is 0 Å². The number of carbonyl (C=O) groups excluding carboxylic acids is 1. The molecular formula is C17H16BrFN2O2. The summed E-state index contributed by atoms with van der Waals surface area (Å²) in [5, 5.41) is 3.80. The van der Waals surface area contributed by atoms with Crippen LogP contribution in [0, 0.1) is 19.7 Å². The van der Waals surface area contributed by atoms with Crippen LogP contribution in [-0.2, 0) is 4.79 Å². The van der Waals surface area contributed by atoms with Crippen LogP contribution >= 0.6 is 15.9 Å². The summed E-state index contributed by atoms with van der Waals surface area (Å²) in [5.41, 5.74) is 5.10. The molecule has 0 radical (unpaired) electrons. The highest BCUT2D eigenvalue weighted by Crippen LogP contribution is 2.29. The van der Waals surface area contributed by atoms with E-state index < -0.39 is 0 Å². The number of hydrogen-bond donors (Lipinski definition) is 1. The number of nitrogens with one attached hydrogen (secondary N) is 1. The predicted molar refractivity (Wildman–Crippen MR) is 91.2 cm³/mol. The van der Waals surface area contributed by atoms with Gasteiger partial charge in [-0.05, 0) is 64.7 Å². The molecule has 1 N–H and O–H groups in total. The Morgan fingerprint density at radius 2 is 2.00 bits per heavy atom. The van der Waals surface area contributed by atoms with Crippen LogP contribution in [-0.4, -0.2) is 18.7 Å². The zero-order valence-corrected chi connectivity index (χ0v) is 14.4. The average Bonchev–Trinajstić information content (AvgIpc) is 2.48. The van der Waals surface area contributed by atoms with Crippen molar-refractivity contribution >= 4 is 28.1 Å². The van der Waals surface area contributed by atoms with E-state index in [9.17, 15) is 9.18 Å². The molecular weight excluding hydrogens is 363 g/mol. The number of nitrogens with zero attached hydrogens (tertiary/aromatic N) is 1. The highest BCUT2D eigenvalue weighted by molar-refractivity contribution is 9.10. The number of hydrogen-bond acceptors (Lipinski definition) is 3. The summed E-state index contributed by atoms with van der Waals surface area (Å²) >= 11 is 3.42. The fraction of sp³-hybridized carbons (Fsp3) is 0.176. The monoisotopic (exact) mass is 378 g/mol. The Morgan fingerprint density at radius 1 is 1.30 bits per heavy atom. The summed E-state index contributed by atoms with van der Waals surface area (Å²) in [4.78, 5) is 11.7. The van der Waals surface area contributed by atoms with Gasteiger partial charge < -0.3 is 4.74 Å². The van der Waals surface area contributed by atoms with Gasteiger partial charge in [0, 0.05) is 0 Å². The van der Waals surface area contributed by atoms with E-state index in [4.69, 9.17) is 4.74 Å². The standard InChI is InChI=1S/C17H16BrFN2O2/c1-11-7-12(2)17(15(18)8-11)23-10-16(22)21-20-9-13-3-5-14(19)6-4-13/h3-9H,10H2,1-2H3,(H,21,22). The smallest absolute Gasteiger partial charge is 0.277 e. The van der Waals surface area contributed by atoms with E-state index in [1.165, 1.54) is 18.3 Å². The van der Waals surface area contributed by atoms with E-state index in [1.54, 1.807) is 12.1 Å². The van der Waals surface area contributed by atoms with Crippen LogP contribution in [0.5, 0.6) is 5.75 Å². The SMILES string of the molecule is Cc1cc(C)c(OCC(=O)NN=Cc2ccc(F)cc2)c(Br)c1. The topological polar surface area (TPSA) is 50.7 Å². The predicted octanol–water partition coefficient (Wildman–Crippen LogP) is 3.73. The summed E-state index contributed by atoms with van der Waals surface area (Å²) in [6, 6.07) is 9.67. The molecule has 0 atom stereocenters. The number of rotatable bonds is 5. The number of carbonyl (C=O) groups is 1. The lowest BCUT2D eigenvalue weighted by Gasteiger charge is -2.11. The number of benzene rings is 2. The van der Waals surface area contributed by atoms with E-state index >= 15 is 0 Å². The molecule has 0 spiro atoms. The second-order valence-corrected chi connectivity index (χ2v) is 5.88. The minimum atomic E-state index is -0.379. The third-order valence-electron chi connectivity index (χ3n) is 2.99. The van der Waals surface area contributed by atoms with Crippen molar-refractivity contribution < 1.29 is 13.9 Å². The van der Waals surface area contributed by atoms with Crippen LogP contribution in [0.3, 0.4) is 0 Å². The van der Waals surface area contributed by atoms with Gasteiger partial charge in [-0.1, -0.05) is 18.2 Å². The Labute approximate surface area is 142 Å². The largest absolute Gasteiger partial charge is 0.482 e. The van der Waals surface area contributed by atoms with Crippen molar-refractivity contribution in [3.63, 3.8) is 0 Å². The lowest BCUT2D eigenvalue weighted by molar-refractivity contribution is -0.123. The molecule has 6 heteroatoms. The first-order valence-corrected chi connectivity index (χ1v) is 7.72. The molecule has 4 nitrogen and oxygen atoms in total. The van der Waals surface area contributed by atoms with Crippen molar-refractivity contribution in [2.45, 2.75) is 13.8 Å². The van der Waals surface area contributed by atoms with Gasteiger partial charge in [-0.15, -0.1) is 0 Å². The van der Waals surface area contributed by atoms with Gasteiger partial charge in [-0.2, -0.15) is 5.10 Å². The molecule has 0 aromatic heterocycles. The molecule has 23 heavy (non-hydrogen) atoms.